The molecule has 0 aromatic heterocycles. The molecule has 0 saturated carbocycles. The molecule has 0 radical (unpaired) electrons. The lowest BCUT2D eigenvalue weighted by atomic mass is 10.2. The minimum Gasteiger partial charge on any atom is -0.327 e. The molecule has 1 atom stereocenters. The third-order valence-corrected chi connectivity index (χ3v) is 4.14. The van der Waals surface area contributed by atoms with E-state index in [2.05, 4.69) is 4.72 Å². The number of benzene rings is 1. The normalized spacial score (nSPS) is 13.5. The molecule has 1 unspecified atom stereocenters. The third-order valence-electron chi connectivity index (χ3n) is 2.70. The van der Waals surface area contributed by atoms with E-state index in [1.165, 1.54) is 6.92 Å². The van der Waals surface area contributed by atoms with Gasteiger partial charge in [-0.15, -0.1) is 0 Å². The van der Waals surface area contributed by atoms with E-state index in [0.29, 0.717) is 12.5 Å². The van der Waals surface area contributed by atoms with Gasteiger partial charge in [-0.05, 0) is 31.0 Å². The van der Waals surface area contributed by atoms with Crippen LogP contribution in [0.5, 0.6) is 0 Å². The first-order valence-corrected chi connectivity index (χ1v) is 7.47. The van der Waals surface area contributed by atoms with Crippen molar-refractivity contribution < 1.29 is 17.2 Å². The highest BCUT2D eigenvalue weighted by molar-refractivity contribution is 7.89. The SMILES string of the molecule is CCCC(N)CNS(=O)(=O)c1cc(F)c(C)cc1F. The molecule has 0 aliphatic rings. The van der Waals surface area contributed by atoms with Gasteiger partial charge in [-0.3, -0.25) is 0 Å². The van der Waals surface area contributed by atoms with E-state index in [4.69, 9.17) is 5.73 Å². The monoisotopic (exact) mass is 292 g/mol. The summed E-state index contributed by atoms with van der Waals surface area (Å²) >= 11 is 0. The van der Waals surface area contributed by atoms with Gasteiger partial charge in [0.1, 0.15) is 16.5 Å². The van der Waals surface area contributed by atoms with Gasteiger partial charge < -0.3 is 5.73 Å². The summed E-state index contributed by atoms with van der Waals surface area (Å²) in [6.07, 6.45) is 1.46. The molecule has 4 nitrogen and oxygen atoms in total. The Morgan fingerprint density at radius 2 is 1.95 bits per heavy atom. The molecule has 7 heteroatoms. The van der Waals surface area contributed by atoms with Gasteiger partial charge >= 0.3 is 0 Å². The van der Waals surface area contributed by atoms with E-state index >= 15 is 0 Å². The number of sulfonamides is 1. The summed E-state index contributed by atoms with van der Waals surface area (Å²) < 4.78 is 52.8. The maximum absolute atomic E-state index is 13.6. The lowest BCUT2D eigenvalue weighted by Crippen LogP contribution is -2.37. The molecule has 0 bridgehead atoms. The average Bonchev–Trinajstić information content (AvgIpc) is 2.31. The molecule has 0 amide bonds. The molecular formula is C12H18F2N2O2S. The van der Waals surface area contributed by atoms with Crippen molar-refractivity contribution in [1.82, 2.24) is 4.72 Å². The van der Waals surface area contributed by atoms with E-state index in [-0.39, 0.29) is 18.2 Å². The Morgan fingerprint density at radius 1 is 1.32 bits per heavy atom. The first-order valence-electron chi connectivity index (χ1n) is 5.98. The van der Waals surface area contributed by atoms with Gasteiger partial charge in [0.25, 0.3) is 0 Å². The highest BCUT2D eigenvalue weighted by Gasteiger charge is 2.21. The van der Waals surface area contributed by atoms with Crippen molar-refractivity contribution in [3.63, 3.8) is 0 Å². The van der Waals surface area contributed by atoms with Crippen LogP contribution in [0, 0.1) is 18.6 Å². The van der Waals surface area contributed by atoms with Crippen LogP contribution in [-0.2, 0) is 10.0 Å². The van der Waals surface area contributed by atoms with Crippen LogP contribution in [0.4, 0.5) is 8.78 Å². The van der Waals surface area contributed by atoms with Gasteiger partial charge in [0, 0.05) is 12.6 Å². The smallest absolute Gasteiger partial charge is 0.243 e. The van der Waals surface area contributed by atoms with Crippen molar-refractivity contribution >= 4 is 10.0 Å². The summed E-state index contributed by atoms with van der Waals surface area (Å²) in [6.45, 7) is 3.27. The van der Waals surface area contributed by atoms with E-state index in [1.54, 1.807) is 0 Å². The second kappa shape index (κ2) is 6.40. The molecule has 0 fully saturated rings. The molecule has 0 heterocycles. The molecule has 3 N–H and O–H groups in total. The first kappa shape index (κ1) is 16.0. The van der Waals surface area contributed by atoms with Crippen molar-refractivity contribution in [2.75, 3.05) is 6.54 Å². The Kier molecular flexibility index (Phi) is 5.39. The minimum atomic E-state index is -4.09. The fourth-order valence-corrected chi connectivity index (χ4v) is 2.76. The largest absolute Gasteiger partial charge is 0.327 e. The lowest BCUT2D eigenvalue weighted by molar-refractivity contribution is 0.531. The molecular weight excluding hydrogens is 274 g/mol. The zero-order chi connectivity index (χ0) is 14.6. The van der Waals surface area contributed by atoms with Crippen molar-refractivity contribution in [2.45, 2.75) is 37.6 Å². The number of hydrogen-bond donors (Lipinski definition) is 2. The molecule has 0 aliphatic heterocycles. The van der Waals surface area contributed by atoms with Crippen LogP contribution in [0.2, 0.25) is 0 Å². The van der Waals surface area contributed by atoms with Crippen molar-refractivity contribution in [1.29, 1.82) is 0 Å². The predicted molar refractivity (Wildman–Crippen MR) is 69.2 cm³/mol. The van der Waals surface area contributed by atoms with Gasteiger partial charge in [-0.25, -0.2) is 21.9 Å². The topological polar surface area (TPSA) is 72.2 Å². The number of hydrogen-bond acceptors (Lipinski definition) is 3. The molecule has 0 saturated heterocycles. The maximum atomic E-state index is 13.6. The van der Waals surface area contributed by atoms with Gasteiger partial charge in [-0.2, -0.15) is 0 Å². The standard InChI is InChI=1S/C12H18F2N2O2S/c1-3-4-9(15)7-16-19(17,18)12-6-10(13)8(2)5-11(12)14/h5-6,9,16H,3-4,7,15H2,1-2H3. The Balaban J connectivity index is 2.92. The second-order valence-electron chi connectivity index (χ2n) is 4.43. The highest BCUT2D eigenvalue weighted by Crippen LogP contribution is 2.18. The third kappa shape index (κ3) is 4.22. The Hall–Kier alpha value is -1.05. The zero-order valence-corrected chi connectivity index (χ0v) is 11.7. The van der Waals surface area contributed by atoms with E-state index in [1.807, 2.05) is 6.92 Å². The van der Waals surface area contributed by atoms with E-state index in [9.17, 15) is 17.2 Å². The van der Waals surface area contributed by atoms with Crippen LogP contribution >= 0.6 is 0 Å². The summed E-state index contributed by atoms with van der Waals surface area (Å²) in [7, 11) is -4.09. The minimum absolute atomic E-state index is 0.00882. The summed E-state index contributed by atoms with van der Waals surface area (Å²) in [5.41, 5.74) is 5.72. The summed E-state index contributed by atoms with van der Waals surface area (Å²) in [5, 5.41) is 0. The van der Waals surface area contributed by atoms with Crippen molar-refractivity contribution in [2.24, 2.45) is 5.73 Å². The number of halogens is 2. The molecule has 1 aromatic rings. The Bertz CT molecular complexity index is 547. The number of aryl methyl sites for hydroxylation is 1. The quantitative estimate of drug-likeness (QED) is 0.838. The van der Waals surface area contributed by atoms with Crippen LogP contribution in [-0.4, -0.2) is 21.0 Å². The van der Waals surface area contributed by atoms with Gasteiger partial charge in [0.2, 0.25) is 10.0 Å². The second-order valence-corrected chi connectivity index (χ2v) is 6.17. The number of nitrogens with one attached hydrogen (secondary N) is 1. The first-order chi connectivity index (χ1) is 8.77. The molecule has 0 spiro atoms. The van der Waals surface area contributed by atoms with Crippen LogP contribution < -0.4 is 10.5 Å². The fourth-order valence-electron chi connectivity index (χ4n) is 1.60. The van der Waals surface area contributed by atoms with Crippen LogP contribution in [0.15, 0.2) is 17.0 Å². The van der Waals surface area contributed by atoms with Crippen molar-refractivity contribution in [3.05, 3.63) is 29.3 Å². The van der Waals surface area contributed by atoms with Gasteiger partial charge in [0.05, 0.1) is 0 Å². The summed E-state index contributed by atoms with van der Waals surface area (Å²) in [5.74, 6) is -1.74. The van der Waals surface area contributed by atoms with Gasteiger partial charge in [-0.1, -0.05) is 13.3 Å². The summed E-state index contributed by atoms with van der Waals surface area (Å²) in [6, 6.07) is 1.19. The molecule has 1 rings (SSSR count). The Morgan fingerprint density at radius 3 is 2.53 bits per heavy atom. The van der Waals surface area contributed by atoms with E-state index in [0.717, 1.165) is 12.5 Å². The lowest BCUT2D eigenvalue weighted by Gasteiger charge is -2.13. The highest BCUT2D eigenvalue weighted by atomic mass is 32.2. The molecule has 1 aromatic carbocycles. The van der Waals surface area contributed by atoms with Gasteiger partial charge in [0.15, 0.2) is 0 Å². The fraction of sp³-hybridized carbons (Fsp3) is 0.500. The molecule has 108 valence electrons. The van der Waals surface area contributed by atoms with Crippen LogP contribution in [0.25, 0.3) is 0 Å². The Labute approximate surface area is 112 Å². The summed E-state index contributed by atoms with van der Waals surface area (Å²) in [4.78, 5) is -0.695. The van der Waals surface area contributed by atoms with E-state index < -0.39 is 26.6 Å². The predicted octanol–water partition coefficient (Wildman–Crippen LogP) is 1.68. The number of nitrogens with two attached hydrogens (primary N) is 1. The number of rotatable bonds is 6. The van der Waals surface area contributed by atoms with Crippen LogP contribution in [0.3, 0.4) is 0 Å². The average molecular weight is 292 g/mol. The zero-order valence-electron chi connectivity index (χ0n) is 10.9. The van der Waals surface area contributed by atoms with Crippen molar-refractivity contribution in [3.8, 4) is 0 Å². The molecule has 0 aliphatic carbocycles. The molecule has 19 heavy (non-hydrogen) atoms. The maximum Gasteiger partial charge on any atom is 0.243 e. The van der Waals surface area contributed by atoms with Crippen LogP contribution in [0.1, 0.15) is 25.3 Å².